The number of aromatic nitrogens is 1. The second-order valence-electron chi connectivity index (χ2n) is 7.60. The normalized spacial score (nSPS) is 13.8. The third-order valence-corrected chi connectivity index (χ3v) is 5.40. The Balaban J connectivity index is 1.56. The first-order valence-corrected chi connectivity index (χ1v) is 10.3. The first kappa shape index (κ1) is 19.9. The average molecular weight is 403 g/mol. The molecule has 3 aromatic rings. The molecule has 6 heteroatoms. The van der Waals surface area contributed by atoms with Crippen molar-refractivity contribution in [3.8, 4) is 11.3 Å². The Kier molecular flexibility index (Phi) is 5.93. The van der Waals surface area contributed by atoms with Crippen LogP contribution in [0.4, 0.5) is 0 Å². The maximum Gasteiger partial charge on any atom is 0.274 e. The van der Waals surface area contributed by atoms with Crippen LogP contribution in [0.15, 0.2) is 59.3 Å². The minimum absolute atomic E-state index is 0.0345. The van der Waals surface area contributed by atoms with Crippen molar-refractivity contribution in [3.63, 3.8) is 0 Å². The fourth-order valence-electron chi connectivity index (χ4n) is 3.71. The zero-order valence-electron chi connectivity index (χ0n) is 17.1. The minimum atomic E-state index is -0.334. The molecule has 6 nitrogen and oxygen atoms in total. The molecule has 1 fully saturated rings. The third-order valence-electron chi connectivity index (χ3n) is 5.40. The number of hydrogen-bond donors (Lipinski definition) is 1. The van der Waals surface area contributed by atoms with Gasteiger partial charge in [0.15, 0.2) is 17.8 Å². The van der Waals surface area contributed by atoms with Gasteiger partial charge >= 0.3 is 0 Å². The summed E-state index contributed by atoms with van der Waals surface area (Å²) in [6.45, 7) is 3.92. The number of carbonyl (C=O) groups excluding carboxylic acids is 2. The van der Waals surface area contributed by atoms with Gasteiger partial charge < -0.3 is 14.6 Å². The molecule has 0 aliphatic carbocycles. The Morgan fingerprint density at radius 1 is 1.03 bits per heavy atom. The van der Waals surface area contributed by atoms with Crippen LogP contribution in [0, 0.1) is 6.92 Å². The summed E-state index contributed by atoms with van der Waals surface area (Å²) in [5.41, 5.74) is 3.47. The molecular weight excluding hydrogens is 378 g/mol. The van der Waals surface area contributed by atoms with E-state index < -0.39 is 0 Å². The fourth-order valence-corrected chi connectivity index (χ4v) is 3.71. The van der Waals surface area contributed by atoms with Crippen molar-refractivity contribution in [1.29, 1.82) is 0 Å². The fraction of sp³-hybridized carbons (Fsp3) is 0.292. The second-order valence-corrected chi connectivity index (χ2v) is 7.60. The van der Waals surface area contributed by atoms with Gasteiger partial charge in [-0.1, -0.05) is 48.0 Å². The van der Waals surface area contributed by atoms with Crippen molar-refractivity contribution in [3.05, 3.63) is 77.3 Å². The molecule has 2 amide bonds. The lowest BCUT2D eigenvalue weighted by Crippen LogP contribution is -2.35. The summed E-state index contributed by atoms with van der Waals surface area (Å²) in [6, 6.07) is 15.2. The van der Waals surface area contributed by atoms with E-state index in [2.05, 4.69) is 10.3 Å². The Morgan fingerprint density at radius 2 is 1.77 bits per heavy atom. The third kappa shape index (κ3) is 4.27. The minimum Gasteiger partial charge on any atom is -0.443 e. The molecule has 1 aliphatic rings. The molecule has 1 saturated heterocycles. The molecule has 0 atom stereocenters. The van der Waals surface area contributed by atoms with E-state index in [1.54, 1.807) is 12.1 Å². The summed E-state index contributed by atoms with van der Waals surface area (Å²) < 4.78 is 5.58. The summed E-state index contributed by atoms with van der Waals surface area (Å²) in [6.07, 6.45) is 4.43. The maximum atomic E-state index is 13.1. The number of aryl methyl sites for hydroxylation is 1. The van der Waals surface area contributed by atoms with Crippen LogP contribution in [-0.4, -0.2) is 34.8 Å². The number of rotatable bonds is 5. The molecule has 0 spiro atoms. The van der Waals surface area contributed by atoms with Gasteiger partial charge in [0.25, 0.3) is 11.8 Å². The van der Waals surface area contributed by atoms with Crippen LogP contribution in [-0.2, 0) is 6.54 Å². The van der Waals surface area contributed by atoms with Crippen molar-refractivity contribution in [1.82, 2.24) is 15.2 Å². The molecular formula is C24H25N3O3. The lowest BCUT2D eigenvalue weighted by atomic mass is 10.0. The van der Waals surface area contributed by atoms with Gasteiger partial charge in [0.1, 0.15) is 0 Å². The number of carbonyl (C=O) groups is 2. The molecule has 2 aromatic carbocycles. The topological polar surface area (TPSA) is 75.4 Å². The summed E-state index contributed by atoms with van der Waals surface area (Å²) in [7, 11) is 0. The predicted molar refractivity (Wildman–Crippen MR) is 114 cm³/mol. The van der Waals surface area contributed by atoms with Crippen LogP contribution in [0.3, 0.4) is 0 Å². The van der Waals surface area contributed by atoms with Crippen LogP contribution < -0.4 is 5.32 Å². The first-order chi connectivity index (χ1) is 14.6. The van der Waals surface area contributed by atoms with E-state index in [-0.39, 0.29) is 17.5 Å². The zero-order valence-corrected chi connectivity index (χ0v) is 17.1. The van der Waals surface area contributed by atoms with E-state index in [1.807, 2.05) is 48.2 Å². The standard InChI is InChI=1S/C24H25N3O3/c1-17-9-11-18(12-10-17)15-25-23(28)21-22(30-16-26-21)19-7-3-4-8-20(19)24(29)27-13-5-2-6-14-27/h3-4,7-12,16H,2,5-6,13-15H2,1H3,(H,25,28). The summed E-state index contributed by atoms with van der Waals surface area (Å²) >= 11 is 0. The molecule has 0 unspecified atom stereocenters. The average Bonchev–Trinajstić information content (AvgIpc) is 3.28. The Labute approximate surface area is 175 Å². The van der Waals surface area contributed by atoms with E-state index in [4.69, 9.17) is 4.42 Å². The van der Waals surface area contributed by atoms with Crippen molar-refractivity contribution < 1.29 is 14.0 Å². The van der Waals surface area contributed by atoms with Crippen molar-refractivity contribution >= 4 is 11.8 Å². The highest BCUT2D eigenvalue weighted by atomic mass is 16.3. The van der Waals surface area contributed by atoms with Crippen molar-refractivity contribution in [2.45, 2.75) is 32.7 Å². The number of hydrogen-bond acceptors (Lipinski definition) is 4. The number of likely N-dealkylation sites (tertiary alicyclic amines) is 1. The van der Waals surface area contributed by atoms with Gasteiger partial charge in [-0.15, -0.1) is 0 Å². The number of benzene rings is 2. The lowest BCUT2D eigenvalue weighted by molar-refractivity contribution is 0.0724. The van der Waals surface area contributed by atoms with Gasteiger partial charge in [0.2, 0.25) is 0 Å². The lowest BCUT2D eigenvalue weighted by Gasteiger charge is -2.27. The van der Waals surface area contributed by atoms with Gasteiger partial charge in [-0.05, 0) is 37.8 Å². The Hall–Kier alpha value is -3.41. The predicted octanol–water partition coefficient (Wildman–Crippen LogP) is 4.21. The number of oxazole rings is 1. The molecule has 0 radical (unpaired) electrons. The van der Waals surface area contributed by atoms with E-state index in [9.17, 15) is 9.59 Å². The van der Waals surface area contributed by atoms with Gasteiger partial charge in [-0.3, -0.25) is 9.59 Å². The van der Waals surface area contributed by atoms with E-state index in [0.717, 1.165) is 37.9 Å². The summed E-state index contributed by atoms with van der Waals surface area (Å²) in [5, 5.41) is 2.89. The van der Waals surface area contributed by atoms with Crippen LogP contribution in [0.25, 0.3) is 11.3 Å². The molecule has 2 heterocycles. The molecule has 154 valence electrons. The smallest absolute Gasteiger partial charge is 0.274 e. The van der Waals surface area contributed by atoms with Gasteiger partial charge in [0.05, 0.1) is 5.56 Å². The van der Waals surface area contributed by atoms with E-state index >= 15 is 0 Å². The zero-order chi connectivity index (χ0) is 20.9. The molecule has 1 aliphatic heterocycles. The molecule has 0 bridgehead atoms. The quantitative estimate of drug-likeness (QED) is 0.693. The van der Waals surface area contributed by atoms with Crippen LogP contribution in [0.5, 0.6) is 0 Å². The van der Waals surface area contributed by atoms with Gasteiger partial charge in [-0.2, -0.15) is 0 Å². The van der Waals surface area contributed by atoms with Crippen LogP contribution in [0.1, 0.15) is 51.2 Å². The number of nitrogens with one attached hydrogen (secondary N) is 1. The molecule has 1 N–H and O–H groups in total. The number of piperidine rings is 1. The summed E-state index contributed by atoms with van der Waals surface area (Å²) in [5.74, 6) is -0.0513. The SMILES string of the molecule is Cc1ccc(CNC(=O)c2ncoc2-c2ccccc2C(=O)N2CCCCC2)cc1. The molecule has 30 heavy (non-hydrogen) atoms. The maximum absolute atomic E-state index is 13.1. The highest BCUT2D eigenvalue weighted by molar-refractivity contribution is 6.04. The van der Waals surface area contributed by atoms with Crippen molar-refractivity contribution in [2.24, 2.45) is 0 Å². The van der Waals surface area contributed by atoms with Gasteiger partial charge in [-0.25, -0.2) is 4.98 Å². The molecule has 4 rings (SSSR count). The largest absolute Gasteiger partial charge is 0.443 e. The van der Waals surface area contributed by atoms with Gasteiger partial charge in [0, 0.05) is 25.2 Å². The van der Waals surface area contributed by atoms with E-state index in [1.165, 1.54) is 12.0 Å². The second kappa shape index (κ2) is 8.95. The van der Waals surface area contributed by atoms with E-state index in [0.29, 0.717) is 23.4 Å². The molecule has 1 aromatic heterocycles. The van der Waals surface area contributed by atoms with Crippen LogP contribution in [0.2, 0.25) is 0 Å². The first-order valence-electron chi connectivity index (χ1n) is 10.3. The Morgan fingerprint density at radius 3 is 2.53 bits per heavy atom. The van der Waals surface area contributed by atoms with Crippen LogP contribution >= 0.6 is 0 Å². The van der Waals surface area contributed by atoms with Crippen molar-refractivity contribution in [2.75, 3.05) is 13.1 Å². The highest BCUT2D eigenvalue weighted by Gasteiger charge is 2.25. The molecule has 0 saturated carbocycles. The monoisotopic (exact) mass is 403 g/mol. The Bertz CT molecular complexity index is 1030. The summed E-state index contributed by atoms with van der Waals surface area (Å²) in [4.78, 5) is 31.9. The highest BCUT2D eigenvalue weighted by Crippen LogP contribution is 2.28. The number of nitrogens with zero attached hydrogens (tertiary/aromatic N) is 2. The number of amides is 2.